The van der Waals surface area contributed by atoms with Crippen molar-refractivity contribution in [3.63, 3.8) is 0 Å². The van der Waals surface area contributed by atoms with E-state index in [-0.39, 0.29) is 19.6 Å². The van der Waals surface area contributed by atoms with Crippen LogP contribution in [0.15, 0.2) is 15.0 Å². The van der Waals surface area contributed by atoms with Gasteiger partial charge in [0.2, 0.25) is 0 Å². The number of aliphatic hydroxyl groups excluding tert-OH is 1. The molecule has 1 saturated heterocycles. The number of aliphatic imine (C=N–C) groups is 3. The zero-order chi connectivity index (χ0) is 24.7. The fourth-order valence-corrected chi connectivity index (χ4v) is 6.32. The van der Waals surface area contributed by atoms with Gasteiger partial charge in [-0.25, -0.2) is 23.7 Å². The van der Waals surface area contributed by atoms with Crippen LogP contribution in [0.3, 0.4) is 0 Å². The summed E-state index contributed by atoms with van der Waals surface area (Å²) in [5.41, 5.74) is 11.1. The molecule has 0 aliphatic carbocycles. The van der Waals surface area contributed by atoms with Gasteiger partial charge in [-0.15, -0.1) is 0 Å². The summed E-state index contributed by atoms with van der Waals surface area (Å²) in [4.78, 5) is 50.0. The number of rotatable bonds is 10. The van der Waals surface area contributed by atoms with Crippen molar-refractivity contribution in [2.24, 2.45) is 26.4 Å². The van der Waals surface area contributed by atoms with Crippen molar-refractivity contribution in [1.82, 2.24) is 4.90 Å². The second kappa shape index (κ2) is 9.60. The van der Waals surface area contributed by atoms with Gasteiger partial charge >= 0.3 is 23.5 Å². The summed E-state index contributed by atoms with van der Waals surface area (Å²) < 4.78 is 51.3. The maximum Gasteiger partial charge on any atom is 0.490 e. The Bertz CT molecular complexity index is 1000. The molecule has 0 aromatic carbocycles. The molecule has 1 fully saturated rings. The van der Waals surface area contributed by atoms with Gasteiger partial charge in [0.15, 0.2) is 11.5 Å². The maximum absolute atomic E-state index is 11.9. The third kappa shape index (κ3) is 6.60. The molecule has 6 atom stereocenters. The SMILES string of the molecule is NCCC1(N)N=CN=C2C1=NCN2[C@H]1C[C@H](O)[C@@H](COP(=O)(O)OP(=O)(O)OP(=O)(O)O)O1. The molecule has 3 rings (SSSR count). The van der Waals surface area contributed by atoms with Crippen LogP contribution in [-0.4, -0.2) is 91.4 Å². The van der Waals surface area contributed by atoms with Gasteiger partial charge in [0.05, 0.1) is 12.7 Å². The van der Waals surface area contributed by atoms with Crippen molar-refractivity contribution < 1.29 is 56.3 Å². The number of ether oxygens (including phenoxy) is 1. The molecule has 9 N–H and O–H groups in total. The second-order valence-electron chi connectivity index (χ2n) is 7.10. The minimum Gasteiger partial charge on any atom is -0.390 e. The first-order valence-corrected chi connectivity index (χ1v) is 13.7. The van der Waals surface area contributed by atoms with E-state index in [1.165, 1.54) is 6.34 Å². The summed E-state index contributed by atoms with van der Waals surface area (Å²) in [6, 6.07) is 0. The molecule has 3 aliphatic heterocycles. The second-order valence-corrected chi connectivity index (χ2v) is 11.5. The van der Waals surface area contributed by atoms with Crippen LogP contribution < -0.4 is 11.5 Å². The summed E-state index contributed by atoms with van der Waals surface area (Å²) in [6.45, 7) is -0.451. The summed E-state index contributed by atoms with van der Waals surface area (Å²) in [6.07, 6.45) is -1.59. The fourth-order valence-electron chi connectivity index (χ4n) is 3.29. The molecule has 3 heterocycles. The molecule has 0 saturated carbocycles. The molecule has 0 amide bonds. The smallest absolute Gasteiger partial charge is 0.390 e. The average molecular weight is 536 g/mol. The summed E-state index contributed by atoms with van der Waals surface area (Å²) in [7, 11) is -16.5. The number of phosphoric ester groups is 1. The first-order valence-electron chi connectivity index (χ1n) is 9.19. The van der Waals surface area contributed by atoms with Crippen molar-refractivity contribution in [3.05, 3.63) is 0 Å². The van der Waals surface area contributed by atoms with E-state index in [1.54, 1.807) is 4.90 Å². The highest BCUT2D eigenvalue weighted by Crippen LogP contribution is 2.66. The van der Waals surface area contributed by atoms with Crippen LogP contribution in [0, 0.1) is 0 Å². The van der Waals surface area contributed by atoms with Crippen molar-refractivity contribution in [3.8, 4) is 0 Å². The summed E-state index contributed by atoms with van der Waals surface area (Å²) >= 11 is 0. The number of amidine groups is 1. The Hall–Kier alpha value is -0.940. The minimum atomic E-state index is -5.65. The number of hydrogen-bond donors (Lipinski definition) is 7. The normalized spacial score (nSPS) is 33.3. The molecule has 0 radical (unpaired) electrons. The predicted molar refractivity (Wildman–Crippen MR) is 110 cm³/mol. The molecular weight excluding hydrogens is 513 g/mol. The summed E-state index contributed by atoms with van der Waals surface area (Å²) in [5.74, 6) is 0.367. The van der Waals surface area contributed by atoms with Gasteiger partial charge in [-0.05, 0) is 6.54 Å². The van der Waals surface area contributed by atoms with E-state index in [2.05, 4.69) is 28.1 Å². The Kier molecular flexibility index (Phi) is 7.76. The van der Waals surface area contributed by atoms with Crippen LogP contribution in [0.1, 0.15) is 12.8 Å². The van der Waals surface area contributed by atoms with E-state index in [1.807, 2.05) is 0 Å². The highest BCUT2D eigenvalue weighted by atomic mass is 31.3. The molecule has 0 aromatic heterocycles. The van der Waals surface area contributed by atoms with Crippen LogP contribution >= 0.6 is 23.5 Å². The quantitative estimate of drug-likeness (QED) is 0.148. The Labute approximate surface area is 186 Å². The Morgan fingerprint density at radius 3 is 2.55 bits per heavy atom. The first kappa shape index (κ1) is 26.7. The topological polar surface area (TPSA) is 282 Å². The van der Waals surface area contributed by atoms with Gasteiger partial charge in [0.1, 0.15) is 31.1 Å². The third-order valence-corrected chi connectivity index (χ3v) is 8.44. The number of phosphoric acid groups is 3. The standard InChI is InChI=1S/C12H23N6O12P3/c13-2-1-12(14)10-11(15-5-17-12)18(6-16-10)9-3-7(19)8(28-9)4-27-32(23,24)30-33(25,26)29-31(20,21)22/h5,7-9,19H,1-4,6,13-14H2,(H,23,24)(H,25,26)(H2,20,21,22)/t7-,8+,9+,12?/m0/s1. The van der Waals surface area contributed by atoms with Crippen LogP contribution in [0.5, 0.6) is 0 Å². The highest BCUT2D eigenvalue weighted by molar-refractivity contribution is 7.66. The molecule has 188 valence electrons. The van der Waals surface area contributed by atoms with E-state index in [0.717, 1.165) is 0 Å². The molecule has 0 aromatic rings. The lowest BCUT2D eigenvalue weighted by atomic mass is 9.99. The monoisotopic (exact) mass is 536 g/mol. The van der Waals surface area contributed by atoms with E-state index in [0.29, 0.717) is 18.0 Å². The predicted octanol–water partition coefficient (Wildman–Crippen LogP) is -2.04. The Morgan fingerprint density at radius 1 is 1.21 bits per heavy atom. The van der Waals surface area contributed by atoms with Crippen LogP contribution in [0.25, 0.3) is 0 Å². The molecular formula is C12H23N6O12P3. The van der Waals surface area contributed by atoms with Crippen LogP contribution in [0.2, 0.25) is 0 Å². The molecule has 3 unspecified atom stereocenters. The molecule has 33 heavy (non-hydrogen) atoms. The van der Waals surface area contributed by atoms with E-state index in [9.17, 15) is 28.6 Å². The molecule has 21 heteroatoms. The number of hydrogen-bond acceptors (Lipinski definition) is 14. The largest absolute Gasteiger partial charge is 0.490 e. The van der Waals surface area contributed by atoms with Gasteiger partial charge in [0, 0.05) is 12.8 Å². The van der Waals surface area contributed by atoms with Crippen molar-refractivity contribution >= 4 is 41.4 Å². The van der Waals surface area contributed by atoms with E-state index in [4.69, 9.17) is 26.0 Å². The Balaban J connectivity index is 1.59. The lowest BCUT2D eigenvalue weighted by Crippen LogP contribution is -2.55. The average Bonchev–Trinajstić information content (AvgIpc) is 3.21. The van der Waals surface area contributed by atoms with Crippen LogP contribution in [0.4, 0.5) is 0 Å². The van der Waals surface area contributed by atoms with Crippen molar-refractivity contribution in [2.75, 3.05) is 19.8 Å². The maximum atomic E-state index is 11.9. The lowest BCUT2D eigenvalue weighted by Gasteiger charge is -2.31. The van der Waals surface area contributed by atoms with E-state index < -0.39 is 54.2 Å². The highest BCUT2D eigenvalue weighted by Gasteiger charge is 2.47. The van der Waals surface area contributed by atoms with Crippen LogP contribution in [-0.2, 0) is 31.6 Å². The van der Waals surface area contributed by atoms with E-state index >= 15 is 0 Å². The first-order chi connectivity index (χ1) is 15.1. The number of nitrogens with two attached hydrogens (primary N) is 2. The molecule has 0 bridgehead atoms. The molecule has 3 aliphatic rings. The summed E-state index contributed by atoms with van der Waals surface area (Å²) in [5, 5.41) is 10.3. The van der Waals surface area contributed by atoms with Gasteiger partial charge in [0.25, 0.3) is 0 Å². The van der Waals surface area contributed by atoms with Crippen molar-refractivity contribution in [1.29, 1.82) is 0 Å². The van der Waals surface area contributed by atoms with Crippen molar-refractivity contribution in [2.45, 2.75) is 36.9 Å². The number of aliphatic hydroxyl groups is 1. The zero-order valence-corrected chi connectivity index (χ0v) is 19.4. The lowest BCUT2D eigenvalue weighted by molar-refractivity contribution is -0.0550. The fraction of sp³-hybridized carbons (Fsp3) is 0.750. The zero-order valence-electron chi connectivity index (χ0n) is 16.7. The molecule has 0 spiro atoms. The minimum absolute atomic E-state index is 0.0118. The van der Waals surface area contributed by atoms with Gasteiger partial charge in [-0.3, -0.25) is 9.52 Å². The Morgan fingerprint density at radius 2 is 1.91 bits per heavy atom. The number of fused-ring (bicyclic) bond motifs is 1. The van der Waals surface area contributed by atoms with Gasteiger partial charge in [-0.2, -0.15) is 8.62 Å². The van der Waals surface area contributed by atoms with Gasteiger partial charge in [-0.1, -0.05) is 0 Å². The third-order valence-electron chi connectivity index (χ3n) is 4.64. The molecule has 18 nitrogen and oxygen atoms in total. The van der Waals surface area contributed by atoms with Gasteiger partial charge < -0.3 is 45.8 Å². The number of nitrogens with zero attached hydrogens (tertiary/aromatic N) is 4.